The maximum atomic E-state index is 11.0. The van der Waals surface area contributed by atoms with Gasteiger partial charge in [0.1, 0.15) is 6.04 Å². The summed E-state index contributed by atoms with van der Waals surface area (Å²) >= 11 is 0. The molecule has 1 atom stereocenters. The fourth-order valence-corrected chi connectivity index (χ4v) is 1.29. The highest BCUT2D eigenvalue weighted by molar-refractivity contribution is 5.73. The van der Waals surface area contributed by atoms with Crippen molar-refractivity contribution in [2.24, 2.45) is 0 Å². The van der Waals surface area contributed by atoms with Crippen LogP contribution >= 0.6 is 0 Å². The Bertz CT molecular complexity index is 376. The lowest BCUT2D eigenvalue weighted by molar-refractivity contribution is -0.143. The van der Waals surface area contributed by atoms with Crippen molar-refractivity contribution in [2.75, 3.05) is 6.61 Å². The summed E-state index contributed by atoms with van der Waals surface area (Å²) in [5.74, 6) is -0.935. The SMILES string of the molecule is C=C(C)CONC(Cc1ccccc1)C(=O)O. The van der Waals surface area contributed by atoms with Crippen molar-refractivity contribution in [3.8, 4) is 0 Å². The number of rotatable bonds is 7. The number of hydrogen-bond acceptors (Lipinski definition) is 3. The molecule has 1 rings (SSSR count). The van der Waals surface area contributed by atoms with Gasteiger partial charge < -0.3 is 5.11 Å². The molecule has 1 aromatic rings. The van der Waals surface area contributed by atoms with E-state index < -0.39 is 12.0 Å². The first-order valence-electron chi connectivity index (χ1n) is 5.38. The lowest BCUT2D eigenvalue weighted by atomic mass is 10.1. The number of nitrogens with one attached hydrogen (secondary N) is 1. The van der Waals surface area contributed by atoms with Gasteiger partial charge in [-0.25, -0.2) is 0 Å². The minimum absolute atomic E-state index is 0.304. The maximum absolute atomic E-state index is 11.0. The Morgan fingerprint density at radius 1 is 1.47 bits per heavy atom. The van der Waals surface area contributed by atoms with Crippen LogP contribution in [-0.2, 0) is 16.1 Å². The van der Waals surface area contributed by atoms with Crippen LogP contribution in [0.1, 0.15) is 12.5 Å². The molecule has 0 aromatic heterocycles. The van der Waals surface area contributed by atoms with Gasteiger partial charge in [0.25, 0.3) is 0 Å². The molecule has 0 heterocycles. The Morgan fingerprint density at radius 3 is 2.65 bits per heavy atom. The molecule has 0 amide bonds. The summed E-state index contributed by atoms with van der Waals surface area (Å²) in [4.78, 5) is 16.1. The molecule has 0 fully saturated rings. The molecule has 0 aliphatic heterocycles. The van der Waals surface area contributed by atoms with Crippen LogP contribution in [0.5, 0.6) is 0 Å². The second-order valence-corrected chi connectivity index (χ2v) is 3.94. The summed E-state index contributed by atoms with van der Waals surface area (Å²) < 4.78 is 0. The van der Waals surface area contributed by atoms with E-state index in [-0.39, 0.29) is 0 Å². The number of aliphatic carboxylic acids is 1. The van der Waals surface area contributed by atoms with Gasteiger partial charge in [0.05, 0.1) is 6.61 Å². The van der Waals surface area contributed by atoms with E-state index in [4.69, 9.17) is 9.94 Å². The highest BCUT2D eigenvalue weighted by Crippen LogP contribution is 2.03. The van der Waals surface area contributed by atoms with Crippen molar-refractivity contribution < 1.29 is 14.7 Å². The first-order valence-corrected chi connectivity index (χ1v) is 5.38. The smallest absolute Gasteiger partial charge is 0.323 e. The normalized spacial score (nSPS) is 12.1. The lowest BCUT2D eigenvalue weighted by Gasteiger charge is -2.14. The third-order valence-corrected chi connectivity index (χ3v) is 2.12. The minimum atomic E-state index is -0.935. The average molecular weight is 235 g/mol. The van der Waals surface area contributed by atoms with Crippen molar-refractivity contribution in [3.05, 3.63) is 48.0 Å². The van der Waals surface area contributed by atoms with Crippen molar-refractivity contribution >= 4 is 5.97 Å². The fourth-order valence-electron chi connectivity index (χ4n) is 1.29. The van der Waals surface area contributed by atoms with Gasteiger partial charge in [-0.1, -0.05) is 42.5 Å². The second-order valence-electron chi connectivity index (χ2n) is 3.94. The number of carboxylic acid groups (broad SMARTS) is 1. The summed E-state index contributed by atoms with van der Waals surface area (Å²) in [6.07, 6.45) is 0.381. The molecule has 0 aliphatic carbocycles. The molecule has 1 aromatic carbocycles. The van der Waals surface area contributed by atoms with Crippen LogP contribution in [0.25, 0.3) is 0 Å². The van der Waals surface area contributed by atoms with Crippen LogP contribution < -0.4 is 5.48 Å². The van der Waals surface area contributed by atoms with Crippen LogP contribution in [0.4, 0.5) is 0 Å². The van der Waals surface area contributed by atoms with Crippen LogP contribution in [-0.4, -0.2) is 23.7 Å². The molecule has 0 bridgehead atoms. The zero-order valence-corrected chi connectivity index (χ0v) is 9.85. The predicted molar refractivity (Wildman–Crippen MR) is 65.5 cm³/mol. The standard InChI is InChI=1S/C13H17NO3/c1-10(2)9-17-14-12(13(15)16)8-11-6-4-3-5-7-11/h3-7,12,14H,1,8-9H2,2H3,(H,15,16). The van der Waals surface area contributed by atoms with Gasteiger partial charge >= 0.3 is 5.97 Å². The maximum Gasteiger partial charge on any atom is 0.323 e. The summed E-state index contributed by atoms with van der Waals surface area (Å²) in [6, 6.07) is 8.67. The first-order chi connectivity index (χ1) is 8.09. The number of hydrogen-bond donors (Lipinski definition) is 2. The van der Waals surface area contributed by atoms with Crippen LogP contribution in [0.2, 0.25) is 0 Å². The number of carbonyl (C=O) groups is 1. The summed E-state index contributed by atoms with van der Waals surface area (Å²) in [5.41, 5.74) is 4.32. The Morgan fingerprint density at radius 2 is 2.12 bits per heavy atom. The summed E-state index contributed by atoms with van der Waals surface area (Å²) in [5, 5.41) is 9.03. The first kappa shape index (κ1) is 13.4. The molecule has 0 saturated carbocycles. The molecule has 0 aliphatic rings. The molecule has 17 heavy (non-hydrogen) atoms. The Hall–Kier alpha value is -1.65. The van der Waals surface area contributed by atoms with E-state index in [1.165, 1.54) is 0 Å². The molecule has 0 saturated heterocycles. The Kier molecular flexibility index (Phi) is 5.39. The summed E-state index contributed by atoms with van der Waals surface area (Å²) in [6.45, 7) is 5.79. The Labute approximate surface area is 101 Å². The largest absolute Gasteiger partial charge is 0.480 e. The predicted octanol–water partition coefficient (Wildman–Crippen LogP) is 1.78. The third-order valence-electron chi connectivity index (χ3n) is 2.12. The lowest BCUT2D eigenvalue weighted by Crippen LogP contribution is -2.38. The van der Waals surface area contributed by atoms with Crippen molar-refractivity contribution in [1.29, 1.82) is 0 Å². The van der Waals surface area contributed by atoms with E-state index in [1.807, 2.05) is 37.3 Å². The van der Waals surface area contributed by atoms with Crippen molar-refractivity contribution in [1.82, 2.24) is 5.48 Å². The van der Waals surface area contributed by atoms with Gasteiger partial charge in [0.15, 0.2) is 0 Å². The Balaban J connectivity index is 2.49. The molecular weight excluding hydrogens is 218 g/mol. The molecule has 0 radical (unpaired) electrons. The van der Waals surface area contributed by atoms with E-state index >= 15 is 0 Å². The molecule has 4 nitrogen and oxygen atoms in total. The third kappa shape index (κ3) is 5.29. The topological polar surface area (TPSA) is 58.6 Å². The van der Waals surface area contributed by atoms with E-state index in [1.54, 1.807) is 0 Å². The zero-order valence-electron chi connectivity index (χ0n) is 9.85. The van der Waals surface area contributed by atoms with Gasteiger partial charge in [-0.15, -0.1) is 0 Å². The van der Waals surface area contributed by atoms with Gasteiger partial charge in [0, 0.05) is 6.42 Å². The van der Waals surface area contributed by atoms with E-state index in [2.05, 4.69) is 12.1 Å². The van der Waals surface area contributed by atoms with Crippen LogP contribution in [0.15, 0.2) is 42.5 Å². The second kappa shape index (κ2) is 6.83. The van der Waals surface area contributed by atoms with E-state index in [0.29, 0.717) is 13.0 Å². The van der Waals surface area contributed by atoms with Crippen LogP contribution in [0, 0.1) is 0 Å². The molecule has 0 spiro atoms. The minimum Gasteiger partial charge on any atom is -0.480 e. The van der Waals surface area contributed by atoms with E-state index in [0.717, 1.165) is 11.1 Å². The van der Waals surface area contributed by atoms with Gasteiger partial charge in [0.2, 0.25) is 0 Å². The number of benzene rings is 1. The monoisotopic (exact) mass is 235 g/mol. The quantitative estimate of drug-likeness (QED) is 0.558. The molecule has 4 heteroatoms. The average Bonchev–Trinajstić information content (AvgIpc) is 2.28. The molecule has 92 valence electrons. The molecular formula is C13H17NO3. The fraction of sp³-hybridized carbons (Fsp3) is 0.308. The van der Waals surface area contributed by atoms with Crippen molar-refractivity contribution in [3.63, 3.8) is 0 Å². The van der Waals surface area contributed by atoms with Gasteiger partial charge in [-0.3, -0.25) is 9.63 Å². The van der Waals surface area contributed by atoms with E-state index in [9.17, 15) is 4.79 Å². The number of hydroxylamine groups is 1. The number of carboxylic acids is 1. The molecule has 1 unspecified atom stereocenters. The highest BCUT2D eigenvalue weighted by atomic mass is 16.6. The molecule has 2 N–H and O–H groups in total. The van der Waals surface area contributed by atoms with Crippen LogP contribution in [0.3, 0.4) is 0 Å². The van der Waals surface area contributed by atoms with Crippen molar-refractivity contribution in [2.45, 2.75) is 19.4 Å². The van der Waals surface area contributed by atoms with Gasteiger partial charge in [-0.05, 0) is 12.5 Å². The zero-order chi connectivity index (χ0) is 12.7. The van der Waals surface area contributed by atoms with Gasteiger partial charge in [-0.2, -0.15) is 5.48 Å². The summed E-state index contributed by atoms with van der Waals surface area (Å²) in [7, 11) is 0. The highest BCUT2D eigenvalue weighted by Gasteiger charge is 2.17.